The van der Waals surface area contributed by atoms with E-state index in [-0.39, 0.29) is 11.7 Å². The van der Waals surface area contributed by atoms with E-state index in [1.54, 1.807) is 31.4 Å². The maximum Gasteiger partial charge on any atom is 0.170 e. The number of halogens is 1. The van der Waals surface area contributed by atoms with Crippen molar-refractivity contribution in [2.24, 2.45) is 5.92 Å². The van der Waals surface area contributed by atoms with Crippen LogP contribution in [-0.4, -0.2) is 68.2 Å². The van der Waals surface area contributed by atoms with E-state index in [9.17, 15) is 4.39 Å². The molecule has 190 valence electrons. The van der Waals surface area contributed by atoms with Crippen molar-refractivity contribution in [1.29, 1.82) is 5.26 Å². The van der Waals surface area contributed by atoms with E-state index in [1.807, 2.05) is 0 Å². The van der Waals surface area contributed by atoms with Gasteiger partial charge < -0.3 is 19.3 Å². The maximum absolute atomic E-state index is 13.7. The number of hydrogen-bond acceptors (Lipinski definition) is 8. The lowest BCUT2D eigenvalue weighted by Gasteiger charge is -2.45. The maximum atomic E-state index is 13.7. The van der Waals surface area contributed by atoms with E-state index in [1.165, 1.54) is 12.1 Å². The molecule has 2 unspecified atom stereocenters. The highest BCUT2D eigenvalue weighted by Gasteiger charge is 2.35. The van der Waals surface area contributed by atoms with Crippen LogP contribution >= 0.6 is 0 Å². The number of methoxy groups -OCH3 is 1. The van der Waals surface area contributed by atoms with Crippen molar-refractivity contribution >= 4 is 11.0 Å². The van der Waals surface area contributed by atoms with Crippen LogP contribution in [0.3, 0.4) is 0 Å². The summed E-state index contributed by atoms with van der Waals surface area (Å²) in [5.74, 6) is 1.49. The standard InChI is InChI=1S/C27H32FN5O3/c1-34-26-15-19(17-29)4-7-24(26)35-14-2-3-20-18-33(32-12-9-30-10-13-32)11-8-22(20)27-23-6-5-21(28)16-25(23)36-31-27/h4-7,15-16,20,22,30H,2-3,8-14,18H2,1H3. The Kier molecular flexibility index (Phi) is 7.66. The Morgan fingerprint density at radius 2 is 2.00 bits per heavy atom. The Labute approximate surface area is 210 Å². The first-order valence-corrected chi connectivity index (χ1v) is 12.6. The summed E-state index contributed by atoms with van der Waals surface area (Å²) in [6.45, 7) is 6.50. The van der Waals surface area contributed by atoms with Gasteiger partial charge in [-0.25, -0.2) is 14.4 Å². The number of rotatable bonds is 8. The fraction of sp³-hybridized carbons (Fsp3) is 0.481. The lowest BCUT2D eigenvalue weighted by Crippen LogP contribution is -2.56. The van der Waals surface area contributed by atoms with Gasteiger partial charge in [-0.05, 0) is 49.4 Å². The number of nitriles is 1. The number of hydrogen-bond donors (Lipinski definition) is 1. The number of aromatic nitrogens is 1. The topological polar surface area (TPSA) is 86.8 Å². The third-order valence-electron chi connectivity index (χ3n) is 7.29. The Bertz CT molecular complexity index is 1220. The van der Waals surface area contributed by atoms with Gasteiger partial charge in [-0.2, -0.15) is 5.26 Å². The van der Waals surface area contributed by atoms with Crippen molar-refractivity contribution in [2.75, 3.05) is 53.0 Å². The fourth-order valence-corrected chi connectivity index (χ4v) is 5.44. The number of piperazine rings is 1. The SMILES string of the molecule is COc1cc(C#N)ccc1OCCCC1CN(N2CCNCC2)CCC1c1noc2cc(F)ccc12. The highest BCUT2D eigenvalue weighted by Crippen LogP contribution is 2.39. The lowest BCUT2D eigenvalue weighted by atomic mass is 9.80. The highest BCUT2D eigenvalue weighted by molar-refractivity contribution is 5.80. The van der Waals surface area contributed by atoms with E-state index < -0.39 is 0 Å². The molecular weight excluding hydrogens is 461 g/mol. The molecule has 2 fully saturated rings. The molecule has 5 rings (SSSR count). The molecule has 2 aliphatic rings. The minimum absolute atomic E-state index is 0.236. The minimum Gasteiger partial charge on any atom is -0.493 e. The third kappa shape index (κ3) is 5.31. The van der Waals surface area contributed by atoms with Crippen molar-refractivity contribution in [3.63, 3.8) is 0 Å². The van der Waals surface area contributed by atoms with Gasteiger partial charge in [0.05, 0.1) is 31.0 Å². The molecule has 0 bridgehead atoms. The molecular formula is C27H32FN5O3. The summed E-state index contributed by atoms with van der Waals surface area (Å²) < 4.78 is 30.7. The van der Waals surface area contributed by atoms with Gasteiger partial charge in [0.25, 0.3) is 0 Å². The molecule has 3 aromatic rings. The van der Waals surface area contributed by atoms with Crippen LogP contribution in [0.4, 0.5) is 4.39 Å². The molecule has 0 amide bonds. The van der Waals surface area contributed by atoms with Gasteiger partial charge in [0.15, 0.2) is 17.1 Å². The smallest absolute Gasteiger partial charge is 0.170 e. The highest BCUT2D eigenvalue weighted by atomic mass is 19.1. The lowest BCUT2D eigenvalue weighted by molar-refractivity contribution is -0.0689. The third-order valence-corrected chi connectivity index (χ3v) is 7.29. The Balaban J connectivity index is 1.29. The Hall–Kier alpha value is -3.19. The molecule has 36 heavy (non-hydrogen) atoms. The first-order chi connectivity index (χ1) is 17.7. The largest absolute Gasteiger partial charge is 0.493 e. The zero-order valence-electron chi connectivity index (χ0n) is 20.6. The fourth-order valence-electron chi connectivity index (χ4n) is 5.44. The molecule has 0 radical (unpaired) electrons. The van der Waals surface area contributed by atoms with Crippen molar-refractivity contribution in [2.45, 2.75) is 25.2 Å². The number of piperidine rings is 1. The predicted octanol–water partition coefficient (Wildman–Crippen LogP) is 3.93. The van der Waals surface area contributed by atoms with Crippen LogP contribution in [0.25, 0.3) is 11.0 Å². The molecule has 1 aromatic heterocycles. The average molecular weight is 494 g/mol. The van der Waals surface area contributed by atoms with Crippen LogP contribution in [-0.2, 0) is 0 Å². The van der Waals surface area contributed by atoms with E-state index in [0.29, 0.717) is 35.2 Å². The average Bonchev–Trinajstić information content (AvgIpc) is 3.34. The zero-order chi connectivity index (χ0) is 24.9. The van der Waals surface area contributed by atoms with Crippen LogP contribution in [0.15, 0.2) is 40.9 Å². The quantitative estimate of drug-likeness (QED) is 0.473. The van der Waals surface area contributed by atoms with Gasteiger partial charge in [0.2, 0.25) is 0 Å². The Morgan fingerprint density at radius 1 is 1.14 bits per heavy atom. The van der Waals surface area contributed by atoms with Gasteiger partial charge in [-0.3, -0.25) is 0 Å². The summed E-state index contributed by atoms with van der Waals surface area (Å²) in [7, 11) is 1.58. The van der Waals surface area contributed by atoms with Crippen molar-refractivity contribution in [1.82, 2.24) is 20.5 Å². The van der Waals surface area contributed by atoms with Gasteiger partial charge in [-0.1, -0.05) is 5.16 Å². The van der Waals surface area contributed by atoms with Crippen molar-refractivity contribution < 1.29 is 18.4 Å². The number of ether oxygens (including phenoxy) is 2. The summed E-state index contributed by atoms with van der Waals surface area (Å²) in [5.41, 5.74) is 1.98. The first-order valence-electron chi connectivity index (χ1n) is 12.6. The van der Waals surface area contributed by atoms with Gasteiger partial charge in [0, 0.05) is 62.7 Å². The summed E-state index contributed by atoms with van der Waals surface area (Å²) >= 11 is 0. The van der Waals surface area contributed by atoms with E-state index in [4.69, 9.17) is 19.3 Å². The molecule has 2 aliphatic heterocycles. The van der Waals surface area contributed by atoms with Crippen molar-refractivity contribution in [3.8, 4) is 17.6 Å². The first kappa shape index (κ1) is 24.5. The second-order valence-corrected chi connectivity index (χ2v) is 9.45. The Morgan fingerprint density at radius 3 is 2.81 bits per heavy atom. The molecule has 0 saturated carbocycles. The minimum atomic E-state index is -0.314. The van der Waals surface area contributed by atoms with Gasteiger partial charge >= 0.3 is 0 Å². The predicted molar refractivity (Wildman–Crippen MR) is 133 cm³/mol. The normalized spacial score (nSPS) is 21.4. The van der Waals surface area contributed by atoms with E-state index in [0.717, 1.165) is 69.6 Å². The molecule has 0 aliphatic carbocycles. The number of hydrazine groups is 1. The summed E-state index contributed by atoms with van der Waals surface area (Å²) in [6, 6.07) is 12.0. The number of nitrogens with zero attached hydrogens (tertiary/aromatic N) is 4. The monoisotopic (exact) mass is 493 g/mol. The number of benzene rings is 2. The number of nitrogens with one attached hydrogen (secondary N) is 1. The molecule has 2 atom stereocenters. The van der Waals surface area contributed by atoms with Gasteiger partial charge in [0.1, 0.15) is 5.82 Å². The number of fused-ring (bicyclic) bond motifs is 1. The molecule has 3 heterocycles. The molecule has 0 spiro atoms. The summed E-state index contributed by atoms with van der Waals surface area (Å²) in [6.07, 6.45) is 2.80. The van der Waals surface area contributed by atoms with Crippen LogP contribution < -0.4 is 14.8 Å². The summed E-state index contributed by atoms with van der Waals surface area (Å²) in [4.78, 5) is 0. The molecule has 2 aromatic carbocycles. The second-order valence-electron chi connectivity index (χ2n) is 9.45. The van der Waals surface area contributed by atoms with Crippen LogP contribution in [0.2, 0.25) is 0 Å². The van der Waals surface area contributed by atoms with Crippen LogP contribution in [0.5, 0.6) is 11.5 Å². The molecule has 8 nitrogen and oxygen atoms in total. The zero-order valence-corrected chi connectivity index (χ0v) is 20.6. The molecule has 9 heteroatoms. The van der Waals surface area contributed by atoms with Crippen LogP contribution in [0, 0.1) is 23.1 Å². The van der Waals surface area contributed by atoms with E-state index >= 15 is 0 Å². The van der Waals surface area contributed by atoms with Crippen molar-refractivity contribution in [3.05, 3.63) is 53.5 Å². The molecule has 1 N–H and O–H groups in total. The van der Waals surface area contributed by atoms with Crippen LogP contribution in [0.1, 0.15) is 36.4 Å². The second kappa shape index (κ2) is 11.2. The van der Waals surface area contributed by atoms with Gasteiger partial charge in [-0.15, -0.1) is 0 Å². The summed E-state index contributed by atoms with van der Waals surface area (Å²) in [5, 5.41) is 22.8. The van der Waals surface area contributed by atoms with E-state index in [2.05, 4.69) is 26.6 Å². The molecule has 2 saturated heterocycles.